The van der Waals surface area contributed by atoms with Crippen molar-refractivity contribution < 1.29 is 9.84 Å². The molecule has 0 aliphatic carbocycles. The summed E-state index contributed by atoms with van der Waals surface area (Å²) in [4.78, 5) is 4.48. The Hall–Kier alpha value is -3.15. The monoisotopic (exact) mass is 403 g/mol. The average molecular weight is 404 g/mol. The molecule has 0 bridgehead atoms. The zero-order chi connectivity index (χ0) is 20.0. The van der Waals surface area contributed by atoms with Gasteiger partial charge in [0.05, 0.1) is 12.2 Å². The number of hydrogen-bond donors (Lipinski definition) is 2. The summed E-state index contributed by atoms with van der Waals surface area (Å²) in [5.74, 6) is 0.970. The van der Waals surface area contributed by atoms with E-state index in [4.69, 9.17) is 21.7 Å². The second kappa shape index (κ2) is 7.03. The first-order valence-corrected chi connectivity index (χ1v) is 9.75. The number of halogens is 1. The first-order valence-electron chi connectivity index (χ1n) is 9.37. The van der Waals surface area contributed by atoms with Crippen LogP contribution in [0.2, 0.25) is 5.02 Å². The molecule has 0 saturated carbocycles. The molecule has 3 aromatic carbocycles. The Bertz CT molecular complexity index is 1280. The van der Waals surface area contributed by atoms with Crippen molar-refractivity contribution in [3.63, 3.8) is 0 Å². The van der Waals surface area contributed by atoms with Gasteiger partial charge in [0.1, 0.15) is 17.6 Å². The molecule has 1 aromatic heterocycles. The normalized spacial score (nSPS) is 14.9. The van der Waals surface area contributed by atoms with Crippen LogP contribution in [0.15, 0.2) is 67.0 Å². The standard InChI is InChI=1S/C23H18ClN3O2/c24-16-8-5-15(6-9-16)19-18-10-7-14-3-1-2-4-17(14)21(18)29-23-20(19)22(25)27(11-12-28)13-26-23/h1-10,13,19,25,28H,11-12H2/t19-/m0/s1. The van der Waals surface area contributed by atoms with Crippen LogP contribution in [0.3, 0.4) is 0 Å². The van der Waals surface area contributed by atoms with E-state index in [2.05, 4.69) is 23.2 Å². The van der Waals surface area contributed by atoms with Gasteiger partial charge in [-0.05, 0) is 23.1 Å². The first kappa shape index (κ1) is 17.9. The van der Waals surface area contributed by atoms with Gasteiger partial charge in [-0.15, -0.1) is 0 Å². The van der Waals surface area contributed by atoms with E-state index in [9.17, 15) is 5.11 Å². The molecule has 0 radical (unpaired) electrons. The number of aliphatic hydroxyl groups is 1. The fourth-order valence-electron chi connectivity index (χ4n) is 3.98. The lowest BCUT2D eigenvalue weighted by atomic mass is 9.83. The summed E-state index contributed by atoms with van der Waals surface area (Å²) in [7, 11) is 0. The van der Waals surface area contributed by atoms with Crippen LogP contribution >= 0.6 is 11.6 Å². The van der Waals surface area contributed by atoms with Crippen molar-refractivity contribution in [1.29, 1.82) is 5.41 Å². The van der Waals surface area contributed by atoms with E-state index in [1.807, 2.05) is 42.5 Å². The van der Waals surface area contributed by atoms with Crippen LogP contribution in [0.4, 0.5) is 0 Å². The largest absolute Gasteiger partial charge is 0.438 e. The molecular formula is C23H18ClN3O2. The van der Waals surface area contributed by atoms with Crippen molar-refractivity contribution in [3.05, 3.63) is 94.2 Å². The molecule has 29 heavy (non-hydrogen) atoms. The van der Waals surface area contributed by atoms with Crippen LogP contribution in [-0.4, -0.2) is 21.3 Å². The Morgan fingerprint density at radius 1 is 1.07 bits per heavy atom. The van der Waals surface area contributed by atoms with Gasteiger partial charge in [-0.1, -0.05) is 60.1 Å². The average Bonchev–Trinajstić information content (AvgIpc) is 2.75. The fraction of sp³-hybridized carbons (Fsp3) is 0.130. The number of fused-ring (bicyclic) bond motifs is 4. The summed E-state index contributed by atoms with van der Waals surface area (Å²) < 4.78 is 7.88. The number of aliphatic hydroxyl groups excluding tert-OH is 1. The predicted molar refractivity (Wildman–Crippen MR) is 112 cm³/mol. The number of hydrogen-bond acceptors (Lipinski definition) is 4. The van der Waals surface area contributed by atoms with Gasteiger partial charge < -0.3 is 14.4 Å². The van der Waals surface area contributed by atoms with Crippen LogP contribution in [-0.2, 0) is 6.54 Å². The molecule has 1 atom stereocenters. The number of benzene rings is 3. The van der Waals surface area contributed by atoms with Gasteiger partial charge in [0.15, 0.2) is 0 Å². The zero-order valence-electron chi connectivity index (χ0n) is 15.5. The van der Waals surface area contributed by atoms with Crippen molar-refractivity contribution in [2.45, 2.75) is 12.5 Å². The van der Waals surface area contributed by atoms with Gasteiger partial charge in [-0.25, -0.2) is 4.98 Å². The minimum Gasteiger partial charge on any atom is -0.438 e. The quantitative estimate of drug-likeness (QED) is 0.467. The third-order valence-corrected chi connectivity index (χ3v) is 5.59. The van der Waals surface area contributed by atoms with E-state index in [-0.39, 0.29) is 18.0 Å². The van der Waals surface area contributed by atoms with Crippen molar-refractivity contribution in [1.82, 2.24) is 9.55 Å². The third kappa shape index (κ3) is 2.90. The Kier molecular flexibility index (Phi) is 4.34. The molecule has 2 N–H and O–H groups in total. The van der Waals surface area contributed by atoms with Gasteiger partial charge in [0.2, 0.25) is 5.88 Å². The molecule has 4 aromatic rings. The van der Waals surface area contributed by atoms with Gasteiger partial charge >= 0.3 is 0 Å². The molecule has 0 saturated heterocycles. The predicted octanol–water partition coefficient (Wildman–Crippen LogP) is 4.45. The van der Waals surface area contributed by atoms with E-state index in [1.54, 1.807) is 10.9 Å². The van der Waals surface area contributed by atoms with E-state index >= 15 is 0 Å². The maximum atomic E-state index is 9.36. The summed E-state index contributed by atoms with van der Waals surface area (Å²) in [6.07, 6.45) is 1.55. The second-order valence-corrected chi connectivity index (χ2v) is 7.46. The Balaban J connectivity index is 1.82. The highest BCUT2D eigenvalue weighted by Gasteiger charge is 2.33. The number of nitrogens with one attached hydrogen (secondary N) is 1. The summed E-state index contributed by atoms with van der Waals surface area (Å²) in [6, 6.07) is 19.9. The van der Waals surface area contributed by atoms with Crippen molar-refractivity contribution >= 4 is 22.4 Å². The molecule has 0 fully saturated rings. The van der Waals surface area contributed by atoms with Crippen molar-refractivity contribution in [2.75, 3.05) is 6.61 Å². The zero-order valence-corrected chi connectivity index (χ0v) is 16.2. The SMILES string of the molecule is N=c1c2c(ncn1CCO)Oc1c(ccc3ccccc13)[C@@H]2c1ccc(Cl)cc1. The topological polar surface area (TPSA) is 71.1 Å². The van der Waals surface area contributed by atoms with Gasteiger partial charge in [-0.3, -0.25) is 5.41 Å². The highest BCUT2D eigenvalue weighted by atomic mass is 35.5. The van der Waals surface area contributed by atoms with Crippen molar-refractivity contribution in [2.24, 2.45) is 0 Å². The van der Waals surface area contributed by atoms with Crippen LogP contribution in [0.25, 0.3) is 10.8 Å². The molecule has 6 heteroatoms. The van der Waals surface area contributed by atoms with E-state index < -0.39 is 0 Å². The van der Waals surface area contributed by atoms with Gasteiger partial charge in [0, 0.05) is 28.4 Å². The first-order chi connectivity index (χ1) is 14.2. The molecule has 5 rings (SSSR count). The maximum absolute atomic E-state index is 9.36. The second-order valence-electron chi connectivity index (χ2n) is 7.02. The minimum absolute atomic E-state index is 0.0648. The molecule has 1 aliphatic heterocycles. The van der Waals surface area contributed by atoms with Crippen LogP contribution in [0.1, 0.15) is 22.6 Å². The summed E-state index contributed by atoms with van der Waals surface area (Å²) in [5, 5.41) is 20.9. The molecule has 2 heterocycles. The maximum Gasteiger partial charge on any atom is 0.228 e. The summed E-state index contributed by atoms with van der Waals surface area (Å²) in [6.45, 7) is 0.238. The molecule has 1 aliphatic rings. The Morgan fingerprint density at radius 3 is 2.66 bits per heavy atom. The molecule has 144 valence electrons. The number of rotatable bonds is 3. The lowest BCUT2D eigenvalue weighted by Crippen LogP contribution is -2.30. The highest BCUT2D eigenvalue weighted by Crippen LogP contribution is 2.47. The van der Waals surface area contributed by atoms with E-state index in [1.165, 1.54) is 0 Å². The van der Waals surface area contributed by atoms with Gasteiger partial charge in [0.25, 0.3) is 0 Å². The number of nitrogens with zero attached hydrogens (tertiary/aromatic N) is 2. The minimum atomic E-state index is -0.221. The van der Waals surface area contributed by atoms with E-state index in [0.29, 0.717) is 23.0 Å². The smallest absolute Gasteiger partial charge is 0.228 e. The highest BCUT2D eigenvalue weighted by molar-refractivity contribution is 6.30. The Morgan fingerprint density at radius 2 is 1.86 bits per heavy atom. The molecular weight excluding hydrogens is 386 g/mol. The molecule has 0 unspecified atom stereocenters. The van der Waals surface area contributed by atoms with E-state index in [0.717, 1.165) is 27.6 Å². The van der Waals surface area contributed by atoms with Crippen LogP contribution in [0, 0.1) is 5.41 Å². The lowest BCUT2D eigenvalue weighted by molar-refractivity contribution is 0.271. The lowest BCUT2D eigenvalue weighted by Gasteiger charge is -2.29. The Labute approximate surface area is 172 Å². The molecule has 0 amide bonds. The number of ether oxygens (including phenoxy) is 1. The summed E-state index contributed by atoms with van der Waals surface area (Å²) >= 11 is 6.12. The molecule has 0 spiro atoms. The van der Waals surface area contributed by atoms with Crippen LogP contribution < -0.4 is 10.2 Å². The van der Waals surface area contributed by atoms with Crippen LogP contribution in [0.5, 0.6) is 11.6 Å². The van der Waals surface area contributed by atoms with Crippen molar-refractivity contribution in [3.8, 4) is 11.6 Å². The fourth-order valence-corrected chi connectivity index (χ4v) is 4.10. The molecule has 5 nitrogen and oxygen atoms in total. The van der Waals surface area contributed by atoms with Gasteiger partial charge in [-0.2, -0.15) is 0 Å². The summed E-state index contributed by atoms with van der Waals surface area (Å²) in [5.41, 5.74) is 2.96. The third-order valence-electron chi connectivity index (χ3n) is 5.34. The number of aromatic nitrogens is 2.